The fourth-order valence-corrected chi connectivity index (χ4v) is 2.99. The Morgan fingerprint density at radius 1 is 1.04 bits per heavy atom. The third-order valence-electron chi connectivity index (χ3n) is 4.31. The highest BCUT2D eigenvalue weighted by atomic mass is 16.5. The predicted octanol–water partition coefficient (Wildman–Crippen LogP) is 2.54. The molecule has 0 spiro atoms. The van der Waals surface area contributed by atoms with Gasteiger partial charge in [-0.05, 0) is 37.8 Å². The smallest absolute Gasteiger partial charge is 0.404 e. The van der Waals surface area contributed by atoms with E-state index in [2.05, 4.69) is 25.6 Å². The van der Waals surface area contributed by atoms with Gasteiger partial charge in [0, 0.05) is 41.8 Å². The maximum Gasteiger partial charge on any atom is 0.404 e. The van der Waals surface area contributed by atoms with Crippen molar-refractivity contribution in [2.75, 3.05) is 12.4 Å². The summed E-state index contributed by atoms with van der Waals surface area (Å²) in [4.78, 5) is 23.3. The lowest BCUT2D eigenvalue weighted by Gasteiger charge is -2.29. The lowest BCUT2D eigenvalue weighted by atomic mass is 9.91. The number of hydrogen-bond acceptors (Lipinski definition) is 6. The molecule has 0 bridgehead atoms. The van der Waals surface area contributed by atoms with E-state index < -0.39 is 6.09 Å². The number of pyridine rings is 1. The van der Waals surface area contributed by atoms with Gasteiger partial charge < -0.3 is 20.5 Å². The maximum atomic E-state index is 10.7. The molecule has 0 atom stereocenters. The van der Waals surface area contributed by atoms with E-state index in [9.17, 15) is 4.79 Å². The second-order valence-corrected chi connectivity index (χ2v) is 6.03. The van der Waals surface area contributed by atoms with E-state index in [1.54, 1.807) is 18.6 Å². The molecule has 1 aliphatic carbocycles. The highest BCUT2D eigenvalue weighted by Crippen LogP contribution is 2.23. The molecule has 1 saturated carbocycles. The molecule has 1 fully saturated rings. The molecule has 8 nitrogen and oxygen atoms in total. The Kier molecular flexibility index (Phi) is 5.27. The normalized spacial score (nSPS) is 19.9. The van der Waals surface area contributed by atoms with Gasteiger partial charge in [0.1, 0.15) is 5.82 Å². The summed E-state index contributed by atoms with van der Waals surface area (Å²) in [6.07, 6.45) is 7.75. The van der Waals surface area contributed by atoms with Crippen LogP contribution in [0.15, 0.2) is 30.7 Å². The Morgan fingerprint density at radius 3 is 2.24 bits per heavy atom. The molecule has 25 heavy (non-hydrogen) atoms. The van der Waals surface area contributed by atoms with E-state index in [0.717, 1.165) is 42.6 Å². The second kappa shape index (κ2) is 7.78. The number of methoxy groups -OCH3 is 1. The average Bonchev–Trinajstić information content (AvgIpc) is 2.64. The molecule has 8 heteroatoms. The number of carbonyl (C=O) groups is 1. The maximum absolute atomic E-state index is 10.7. The lowest BCUT2D eigenvalue weighted by Crippen LogP contribution is -2.39. The predicted molar refractivity (Wildman–Crippen MR) is 92.6 cm³/mol. The molecule has 3 N–H and O–H groups in total. The monoisotopic (exact) mass is 343 g/mol. The van der Waals surface area contributed by atoms with Crippen LogP contribution in [0.4, 0.5) is 10.6 Å². The first-order chi connectivity index (χ1) is 12.1. The number of nitrogens with one attached hydrogen (secondary N) is 2. The summed E-state index contributed by atoms with van der Waals surface area (Å²) in [5.41, 5.74) is 1.81. The van der Waals surface area contributed by atoms with E-state index in [-0.39, 0.29) is 6.04 Å². The standard InChI is InChI=1S/C17H21N5O3/c1-25-16-19-9-12(10-20-16)11-2-7-15(18-8-11)21-13-3-5-14(6-4-13)22-17(23)24/h2,7-10,13-14,22H,3-6H2,1H3,(H,18,21)(H,23,24). The third kappa shape index (κ3) is 4.56. The van der Waals surface area contributed by atoms with E-state index in [0.29, 0.717) is 12.1 Å². The number of hydrogen-bond donors (Lipinski definition) is 3. The summed E-state index contributed by atoms with van der Waals surface area (Å²) in [5, 5.41) is 14.7. The Hall–Kier alpha value is -2.90. The largest absolute Gasteiger partial charge is 0.467 e. The first-order valence-electron chi connectivity index (χ1n) is 8.22. The van der Waals surface area contributed by atoms with Gasteiger partial charge in [-0.2, -0.15) is 0 Å². The summed E-state index contributed by atoms with van der Waals surface area (Å²) < 4.78 is 4.95. The summed E-state index contributed by atoms with van der Waals surface area (Å²) >= 11 is 0. The molecule has 0 saturated heterocycles. The van der Waals surface area contributed by atoms with Gasteiger partial charge in [0.25, 0.3) is 0 Å². The minimum Gasteiger partial charge on any atom is -0.467 e. The van der Waals surface area contributed by atoms with Gasteiger partial charge in [0.05, 0.1) is 7.11 Å². The molecule has 1 aliphatic rings. The van der Waals surface area contributed by atoms with Crippen molar-refractivity contribution in [2.24, 2.45) is 0 Å². The molecule has 132 valence electrons. The van der Waals surface area contributed by atoms with Crippen LogP contribution >= 0.6 is 0 Å². The van der Waals surface area contributed by atoms with Gasteiger partial charge in [-0.25, -0.2) is 19.7 Å². The van der Waals surface area contributed by atoms with Crippen molar-refractivity contribution in [2.45, 2.75) is 37.8 Å². The van der Waals surface area contributed by atoms with Crippen LogP contribution in [-0.2, 0) is 0 Å². The van der Waals surface area contributed by atoms with Crippen molar-refractivity contribution >= 4 is 11.9 Å². The van der Waals surface area contributed by atoms with Gasteiger partial charge in [-0.3, -0.25) is 0 Å². The number of anilines is 1. The lowest BCUT2D eigenvalue weighted by molar-refractivity contribution is 0.185. The quantitative estimate of drug-likeness (QED) is 0.765. The van der Waals surface area contributed by atoms with Crippen LogP contribution in [0.5, 0.6) is 6.01 Å². The Balaban J connectivity index is 1.55. The van der Waals surface area contributed by atoms with Crippen LogP contribution in [0.1, 0.15) is 25.7 Å². The van der Waals surface area contributed by atoms with Crippen LogP contribution in [0.25, 0.3) is 11.1 Å². The zero-order chi connectivity index (χ0) is 17.6. The molecule has 1 amide bonds. The topological polar surface area (TPSA) is 109 Å². The Morgan fingerprint density at radius 2 is 1.68 bits per heavy atom. The Bertz CT molecular complexity index is 697. The minimum atomic E-state index is -0.948. The van der Waals surface area contributed by atoms with E-state index in [4.69, 9.17) is 9.84 Å². The van der Waals surface area contributed by atoms with Crippen LogP contribution in [-0.4, -0.2) is 45.3 Å². The average molecular weight is 343 g/mol. The molecule has 0 aliphatic heterocycles. The second-order valence-electron chi connectivity index (χ2n) is 6.03. The van der Waals surface area contributed by atoms with Gasteiger partial charge in [0.15, 0.2) is 0 Å². The summed E-state index contributed by atoms with van der Waals surface area (Å²) in [7, 11) is 1.53. The van der Waals surface area contributed by atoms with Crippen LogP contribution in [0, 0.1) is 0 Å². The highest BCUT2D eigenvalue weighted by molar-refractivity contribution is 5.65. The molecule has 2 aromatic heterocycles. The fraction of sp³-hybridized carbons (Fsp3) is 0.412. The van der Waals surface area contributed by atoms with Gasteiger partial charge >= 0.3 is 12.1 Å². The molecule has 0 unspecified atom stereocenters. The summed E-state index contributed by atoms with van der Waals surface area (Å²) in [6, 6.07) is 4.61. The van der Waals surface area contributed by atoms with Crippen molar-refractivity contribution in [1.29, 1.82) is 0 Å². The van der Waals surface area contributed by atoms with Gasteiger partial charge in [0.2, 0.25) is 0 Å². The SMILES string of the molecule is COc1ncc(-c2ccc(NC3CCC(NC(=O)O)CC3)nc2)cn1. The number of ether oxygens (including phenoxy) is 1. The highest BCUT2D eigenvalue weighted by Gasteiger charge is 2.22. The first-order valence-corrected chi connectivity index (χ1v) is 8.22. The zero-order valence-corrected chi connectivity index (χ0v) is 14.0. The van der Waals surface area contributed by atoms with Crippen molar-refractivity contribution in [3.8, 4) is 17.1 Å². The van der Waals surface area contributed by atoms with Crippen LogP contribution in [0.2, 0.25) is 0 Å². The summed E-state index contributed by atoms with van der Waals surface area (Å²) in [6.45, 7) is 0. The molecule has 0 aromatic carbocycles. The number of aromatic nitrogens is 3. The van der Waals surface area contributed by atoms with Crippen molar-refractivity contribution < 1.29 is 14.6 Å². The third-order valence-corrected chi connectivity index (χ3v) is 4.31. The summed E-state index contributed by atoms with van der Waals surface area (Å²) in [5.74, 6) is 0.813. The van der Waals surface area contributed by atoms with Crippen molar-refractivity contribution in [3.63, 3.8) is 0 Å². The van der Waals surface area contributed by atoms with Gasteiger partial charge in [-0.15, -0.1) is 0 Å². The van der Waals surface area contributed by atoms with E-state index in [1.165, 1.54) is 7.11 Å². The molecule has 0 radical (unpaired) electrons. The molecular weight excluding hydrogens is 322 g/mol. The fourth-order valence-electron chi connectivity index (χ4n) is 2.99. The van der Waals surface area contributed by atoms with Crippen LogP contribution in [0.3, 0.4) is 0 Å². The van der Waals surface area contributed by atoms with Gasteiger partial charge in [-0.1, -0.05) is 0 Å². The molecule has 3 rings (SSSR count). The van der Waals surface area contributed by atoms with Crippen molar-refractivity contribution in [1.82, 2.24) is 20.3 Å². The number of amides is 1. The van der Waals surface area contributed by atoms with Crippen molar-refractivity contribution in [3.05, 3.63) is 30.7 Å². The number of nitrogens with zero attached hydrogens (tertiary/aromatic N) is 3. The Labute approximate surface area is 145 Å². The zero-order valence-electron chi connectivity index (χ0n) is 14.0. The number of rotatable bonds is 5. The first kappa shape index (κ1) is 16.9. The molecule has 2 aromatic rings. The minimum absolute atomic E-state index is 0.0564. The molecular formula is C17H21N5O3. The van der Waals surface area contributed by atoms with E-state index >= 15 is 0 Å². The number of carboxylic acid groups (broad SMARTS) is 1. The van der Waals surface area contributed by atoms with Crippen LogP contribution < -0.4 is 15.4 Å². The molecule has 2 heterocycles. The van der Waals surface area contributed by atoms with E-state index in [1.807, 2.05) is 12.1 Å².